The van der Waals surface area contributed by atoms with Crippen molar-refractivity contribution in [2.45, 2.75) is 32.1 Å². The molecule has 0 aromatic heterocycles. The number of benzene rings is 1. The summed E-state index contributed by atoms with van der Waals surface area (Å²) in [4.78, 5) is 0. The zero-order valence-corrected chi connectivity index (χ0v) is 12.7. The lowest BCUT2D eigenvalue weighted by Gasteiger charge is -2.26. The second-order valence-corrected chi connectivity index (χ2v) is 5.75. The Morgan fingerprint density at radius 2 is 2.25 bits per heavy atom. The van der Waals surface area contributed by atoms with Gasteiger partial charge in [0.25, 0.3) is 0 Å². The van der Waals surface area contributed by atoms with Gasteiger partial charge in [0.2, 0.25) is 0 Å². The van der Waals surface area contributed by atoms with Crippen LogP contribution >= 0.6 is 0 Å². The Kier molecular flexibility index (Phi) is 6.34. The van der Waals surface area contributed by atoms with Gasteiger partial charge < -0.3 is 14.8 Å². The number of methoxy groups -OCH3 is 1. The smallest absolute Gasteiger partial charge is 0.122 e. The van der Waals surface area contributed by atoms with Crippen molar-refractivity contribution >= 4 is 0 Å². The van der Waals surface area contributed by atoms with E-state index < -0.39 is 0 Å². The van der Waals surface area contributed by atoms with Crippen molar-refractivity contribution in [3.63, 3.8) is 0 Å². The molecule has 3 nitrogen and oxygen atoms in total. The lowest BCUT2D eigenvalue weighted by Crippen LogP contribution is -2.25. The van der Waals surface area contributed by atoms with E-state index in [9.17, 15) is 0 Å². The van der Waals surface area contributed by atoms with Crippen LogP contribution in [-0.4, -0.2) is 33.4 Å². The van der Waals surface area contributed by atoms with Crippen LogP contribution in [0.15, 0.2) is 24.3 Å². The zero-order valence-electron chi connectivity index (χ0n) is 12.7. The normalized spacial score (nSPS) is 19.2. The van der Waals surface area contributed by atoms with Gasteiger partial charge in [0.05, 0.1) is 13.2 Å². The van der Waals surface area contributed by atoms with Gasteiger partial charge in [0.15, 0.2) is 0 Å². The highest BCUT2D eigenvalue weighted by atomic mass is 16.5. The number of hydrogen-bond donors (Lipinski definition) is 1. The van der Waals surface area contributed by atoms with Crippen LogP contribution in [0.3, 0.4) is 0 Å². The Bertz CT molecular complexity index is 394. The van der Waals surface area contributed by atoms with Crippen molar-refractivity contribution < 1.29 is 9.47 Å². The average Bonchev–Trinajstić information content (AvgIpc) is 2.49. The van der Waals surface area contributed by atoms with E-state index in [0.29, 0.717) is 11.8 Å². The van der Waals surface area contributed by atoms with Crippen LogP contribution in [-0.2, 0) is 4.74 Å². The predicted molar refractivity (Wildman–Crippen MR) is 82.4 cm³/mol. The van der Waals surface area contributed by atoms with Crippen molar-refractivity contribution in [1.29, 1.82) is 0 Å². The number of rotatable bonds is 8. The first-order valence-corrected chi connectivity index (χ1v) is 7.72. The number of hydrogen-bond acceptors (Lipinski definition) is 3. The van der Waals surface area contributed by atoms with Crippen LogP contribution in [0.25, 0.3) is 0 Å². The summed E-state index contributed by atoms with van der Waals surface area (Å²) in [5.41, 5.74) is 1.40. The summed E-state index contributed by atoms with van der Waals surface area (Å²) in [6.45, 7) is 6.00. The number of nitrogens with one attached hydrogen (secondary N) is 1. The lowest BCUT2D eigenvalue weighted by atomic mass is 9.87. The molecule has 0 bridgehead atoms. The third-order valence-corrected chi connectivity index (χ3v) is 4.07. The van der Waals surface area contributed by atoms with Crippen LogP contribution in [0, 0.1) is 5.92 Å². The topological polar surface area (TPSA) is 30.5 Å². The van der Waals surface area contributed by atoms with Crippen molar-refractivity contribution in [3.8, 4) is 5.75 Å². The fourth-order valence-corrected chi connectivity index (χ4v) is 2.83. The minimum atomic E-state index is 0.668. The number of para-hydroxylation sites is 1. The Hall–Kier alpha value is -1.06. The highest BCUT2D eigenvalue weighted by Gasteiger charge is 2.21. The van der Waals surface area contributed by atoms with Crippen molar-refractivity contribution in [2.75, 3.05) is 33.4 Å². The Morgan fingerprint density at radius 1 is 1.40 bits per heavy atom. The van der Waals surface area contributed by atoms with E-state index in [1.807, 2.05) is 0 Å². The lowest BCUT2D eigenvalue weighted by molar-refractivity contribution is 0.197. The molecule has 0 saturated carbocycles. The van der Waals surface area contributed by atoms with Gasteiger partial charge in [-0.05, 0) is 49.3 Å². The molecule has 0 radical (unpaired) electrons. The molecule has 1 aliphatic heterocycles. The Morgan fingerprint density at radius 3 is 3.10 bits per heavy atom. The molecule has 3 heteroatoms. The summed E-state index contributed by atoms with van der Waals surface area (Å²) >= 11 is 0. The SMILES string of the molecule is COCCNCC(C)CCC1CCOc2ccccc21. The molecule has 1 aromatic rings. The van der Waals surface area contributed by atoms with Gasteiger partial charge in [-0.3, -0.25) is 0 Å². The van der Waals surface area contributed by atoms with E-state index in [-0.39, 0.29) is 0 Å². The van der Waals surface area contributed by atoms with Crippen LogP contribution in [0.5, 0.6) is 5.75 Å². The first kappa shape index (κ1) is 15.3. The fraction of sp³-hybridized carbons (Fsp3) is 0.647. The largest absolute Gasteiger partial charge is 0.493 e. The molecule has 20 heavy (non-hydrogen) atoms. The molecule has 0 fully saturated rings. The second-order valence-electron chi connectivity index (χ2n) is 5.75. The molecule has 1 aromatic carbocycles. The summed E-state index contributed by atoms with van der Waals surface area (Å²) in [6.07, 6.45) is 3.67. The molecule has 0 spiro atoms. The Balaban J connectivity index is 1.74. The molecule has 0 aliphatic carbocycles. The number of fused-ring (bicyclic) bond motifs is 1. The quantitative estimate of drug-likeness (QED) is 0.740. The third kappa shape index (κ3) is 4.50. The standard InChI is InChI=1S/C17H27NO2/c1-14(13-18-10-12-19-2)7-8-15-9-11-20-17-6-4-3-5-16(15)17/h3-6,14-15,18H,7-13H2,1-2H3. The van der Waals surface area contributed by atoms with Gasteiger partial charge in [0, 0.05) is 13.7 Å². The van der Waals surface area contributed by atoms with Crippen molar-refractivity contribution in [1.82, 2.24) is 5.32 Å². The van der Waals surface area contributed by atoms with Crippen LogP contribution in [0.4, 0.5) is 0 Å². The van der Waals surface area contributed by atoms with E-state index in [2.05, 4.69) is 36.5 Å². The second kappa shape index (κ2) is 8.28. The molecule has 1 N–H and O–H groups in total. The summed E-state index contributed by atoms with van der Waals surface area (Å²) in [5, 5.41) is 3.44. The first-order valence-electron chi connectivity index (χ1n) is 7.72. The van der Waals surface area contributed by atoms with Gasteiger partial charge in [-0.1, -0.05) is 25.1 Å². The highest BCUT2D eigenvalue weighted by molar-refractivity contribution is 5.37. The number of ether oxygens (including phenoxy) is 2. The molecule has 0 saturated heterocycles. The minimum absolute atomic E-state index is 0.668. The van der Waals surface area contributed by atoms with E-state index in [1.54, 1.807) is 7.11 Å². The maximum absolute atomic E-state index is 5.73. The average molecular weight is 277 g/mol. The van der Waals surface area contributed by atoms with E-state index in [1.165, 1.54) is 18.4 Å². The van der Waals surface area contributed by atoms with Gasteiger partial charge in [-0.25, -0.2) is 0 Å². The minimum Gasteiger partial charge on any atom is -0.493 e. The first-order chi connectivity index (χ1) is 9.81. The summed E-state index contributed by atoms with van der Waals surface area (Å²) in [7, 11) is 1.74. The molecule has 1 heterocycles. The molecule has 2 rings (SSSR count). The van der Waals surface area contributed by atoms with Crippen molar-refractivity contribution in [2.24, 2.45) is 5.92 Å². The third-order valence-electron chi connectivity index (χ3n) is 4.07. The maximum Gasteiger partial charge on any atom is 0.122 e. The van der Waals surface area contributed by atoms with Crippen LogP contribution in [0.2, 0.25) is 0 Å². The molecule has 0 amide bonds. The molecule has 112 valence electrons. The van der Waals surface area contributed by atoms with Crippen LogP contribution in [0.1, 0.15) is 37.7 Å². The van der Waals surface area contributed by atoms with Gasteiger partial charge in [-0.2, -0.15) is 0 Å². The molecule has 2 atom stereocenters. The summed E-state index contributed by atoms with van der Waals surface area (Å²) < 4.78 is 10.8. The molecular formula is C17H27NO2. The highest BCUT2D eigenvalue weighted by Crippen LogP contribution is 2.36. The van der Waals surface area contributed by atoms with E-state index in [4.69, 9.17) is 9.47 Å². The predicted octanol–water partition coefficient (Wildman–Crippen LogP) is 3.21. The zero-order chi connectivity index (χ0) is 14.2. The molecule has 2 unspecified atom stereocenters. The summed E-state index contributed by atoms with van der Waals surface area (Å²) in [5.74, 6) is 2.47. The van der Waals surface area contributed by atoms with Gasteiger partial charge in [-0.15, -0.1) is 0 Å². The maximum atomic E-state index is 5.73. The molecule has 1 aliphatic rings. The van der Waals surface area contributed by atoms with Crippen LogP contribution < -0.4 is 10.1 Å². The molecular weight excluding hydrogens is 250 g/mol. The van der Waals surface area contributed by atoms with E-state index >= 15 is 0 Å². The van der Waals surface area contributed by atoms with E-state index in [0.717, 1.165) is 38.5 Å². The summed E-state index contributed by atoms with van der Waals surface area (Å²) in [6, 6.07) is 8.50. The Labute approximate surface area is 122 Å². The van der Waals surface area contributed by atoms with Gasteiger partial charge in [0.1, 0.15) is 5.75 Å². The van der Waals surface area contributed by atoms with Crippen molar-refractivity contribution in [3.05, 3.63) is 29.8 Å². The monoisotopic (exact) mass is 277 g/mol. The fourth-order valence-electron chi connectivity index (χ4n) is 2.83. The van der Waals surface area contributed by atoms with Gasteiger partial charge >= 0.3 is 0 Å².